The van der Waals surface area contributed by atoms with Gasteiger partial charge in [0.2, 0.25) is 0 Å². The molecule has 2 aromatic heterocycles. The van der Waals surface area contributed by atoms with Gasteiger partial charge >= 0.3 is 6.18 Å². The SMILES string of the molecule is Cn1nc(C(F)(F)F)cc1-c1ccc2[nH]c(-c3cc(Cl)ccc3F)cc2c1. The van der Waals surface area contributed by atoms with Gasteiger partial charge in [0.15, 0.2) is 5.69 Å². The molecule has 0 unspecified atom stereocenters. The number of nitrogens with zero attached hydrogens (tertiary/aromatic N) is 2. The first kappa shape index (κ1) is 17.6. The van der Waals surface area contributed by atoms with Gasteiger partial charge in [0, 0.05) is 39.8 Å². The van der Waals surface area contributed by atoms with Crippen molar-refractivity contribution in [1.29, 1.82) is 0 Å². The molecule has 3 nitrogen and oxygen atoms in total. The van der Waals surface area contributed by atoms with Gasteiger partial charge in [-0.05, 0) is 42.5 Å². The first-order chi connectivity index (χ1) is 12.7. The third-order valence-corrected chi connectivity index (χ3v) is 4.54. The number of alkyl halides is 3. The van der Waals surface area contributed by atoms with E-state index >= 15 is 0 Å². The summed E-state index contributed by atoms with van der Waals surface area (Å²) in [6, 6.07) is 12.1. The van der Waals surface area contributed by atoms with Gasteiger partial charge in [-0.15, -0.1) is 0 Å². The Labute approximate surface area is 156 Å². The van der Waals surface area contributed by atoms with Crippen LogP contribution in [0.2, 0.25) is 5.02 Å². The highest BCUT2D eigenvalue weighted by molar-refractivity contribution is 6.30. The van der Waals surface area contributed by atoms with Gasteiger partial charge in [0.1, 0.15) is 5.82 Å². The molecule has 2 heterocycles. The Morgan fingerprint density at radius 3 is 2.52 bits per heavy atom. The molecule has 0 radical (unpaired) electrons. The van der Waals surface area contributed by atoms with Crippen molar-refractivity contribution in [3.05, 3.63) is 65.1 Å². The summed E-state index contributed by atoms with van der Waals surface area (Å²) in [5, 5.41) is 4.67. The van der Waals surface area contributed by atoms with E-state index in [4.69, 9.17) is 11.6 Å². The van der Waals surface area contributed by atoms with Gasteiger partial charge in [-0.2, -0.15) is 18.3 Å². The Hall–Kier alpha value is -2.80. The van der Waals surface area contributed by atoms with Crippen LogP contribution in [0.25, 0.3) is 33.4 Å². The van der Waals surface area contributed by atoms with E-state index in [2.05, 4.69) is 10.1 Å². The fraction of sp³-hybridized carbons (Fsp3) is 0.105. The standard InChI is InChI=1S/C19H12ClF4N3/c1-27-17(9-18(26-27)19(22,23)24)10-2-5-15-11(6-10)7-16(25-15)13-8-12(20)3-4-14(13)21/h2-9,25H,1H3. The maximum Gasteiger partial charge on any atom is 0.435 e. The van der Waals surface area contributed by atoms with Crippen LogP contribution in [-0.4, -0.2) is 14.8 Å². The fourth-order valence-electron chi connectivity index (χ4n) is 3.02. The van der Waals surface area contributed by atoms with Crippen molar-refractivity contribution < 1.29 is 17.6 Å². The second-order valence-electron chi connectivity index (χ2n) is 6.15. The molecule has 138 valence electrons. The molecule has 0 aliphatic carbocycles. The van der Waals surface area contributed by atoms with Gasteiger partial charge in [0.05, 0.1) is 5.69 Å². The zero-order valence-electron chi connectivity index (χ0n) is 13.9. The predicted molar refractivity (Wildman–Crippen MR) is 95.9 cm³/mol. The van der Waals surface area contributed by atoms with Crippen molar-refractivity contribution in [2.24, 2.45) is 7.05 Å². The summed E-state index contributed by atoms with van der Waals surface area (Å²) in [5.41, 5.74) is 1.54. The van der Waals surface area contributed by atoms with Gasteiger partial charge in [-0.25, -0.2) is 4.39 Å². The summed E-state index contributed by atoms with van der Waals surface area (Å²) in [6.45, 7) is 0. The number of halogens is 5. The summed E-state index contributed by atoms with van der Waals surface area (Å²) in [4.78, 5) is 3.10. The average Bonchev–Trinajstić information content (AvgIpc) is 3.19. The molecule has 4 rings (SSSR count). The number of aryl methyl sites for hydroxylation is 1. The molecule has 0 aliphatic heterocycles. The molecule has 0 amide bonds. The number of H-pyrrole nitrogens is 1. The molecule has 0 bridgehead atoms. The lowest BCUT2D eigenvalue weighted by Crippen LogP contribution is -2.06. The second-order valence-corrected chi connectivity index (χ2v) is 6.58. The van der Waals surface area contributed by atoms with Crippen LogP contribution in [0.5, 0.6) is 0 Å². The average molecular weight is 394 g/mol. The minimum atomic E-state index is -4.51. The molecule has 0 aliphatic rings. The first-order valence-corrected chi connectivity index (χ1v) is 8.30. The van der Waals surface area contributed by atoms with Gasteiger partial charge in [0.25, 0.3) is 0 Å². The minimum absolute atomic E-state index is 0.320. The number of hydrogen-bond donors (Lipinski definition) is 1. The molecule has 4 aromatic rings. The van der Waals surface area contributed by atoms with Crippen LogP contribution < -0.4 is 0 Å². The zero-order chi connectivity index (χ0) is 19.3. The van der Waals surface area contributed by atoms with Crippen LogP contribution >= 0.6 is 11.6 Å². The Morgan fingerprint density at radius 1 is 1.04 bits per heavy atom. The predicted octanol–water partition coefficient (Wildman–Crippen LogP) is 6.05. The number of nitrogens with one attached hydrogen (secondary N) is 1. The van der Waals surface area contributed by atoms with Crippen molar-refractivity contribution in [1.82, 2.24) is 14.8 Å². The Morgan fingerprint density at radius 2 is 1.81 bits per heavy atom. The maximum atomic E-state index is 14.1. The molecular formula is C19H12ClF4N3. The van der Waals surface area contributed by atoms with Crippen LogP contribution in [0.15, 0.2) is 48.5 Å². The Bertz CT molecular complexity index is 1160. The van der Waals surface area contributed by atoms with E-state index in [0.717, 1.165) is 17.0 Å². The number of benzene rings is 2. The molecule has 2 aromatic carbocycles. The van der Waals surface area contributed by atoms with Crippen LogP contribution in [0, 0.1) is 5.82 Å². The van der Waals surface area contributed by atoms with Crippen LogP contribution in [-0.2, 0) is 13.2 Å². The molecule has 0 spiro atoms. The van der Waals surface area contributed by atoms with Crippen molar-refractivity contribution in [3.63, 3.8) is 0 Å². The first-order valence-electron chi connectivity index (χ1n) is 7.92. The van der Waals surface area contributed by atoms with E-state index in [0.29, 0.717) is 27.5 Å². The number of rotatable bonds is 2. The minimum Gasteiger partial charge on any atom is -0.354 e. The van der Waals surface area contributed by atoms with Gasteiger partial charge in [-0.1, -0.05) is 17.7 Å². The van der Waals surface area contributed by atoms with E-state index in [-0.39, 0.29) is 0 Å². The van der Waals surface area contributed by atoms with Crippen LogP contribution in [0.1, 0.15) is 5.69 Å². The maximum absolute atomic E-state index is 14.1. The highest BCUT2D eigenvalue weighted by Crippen LogP contribution is 2.34. The molecule has 0 saturated heterocycles. The van der Waals surface area contributed by atoms with E-state index in [1.54, 1.807) is 24.3 Å². The third kappa shape index (κ3) is 3.19. The van der Waals surface area contributed by atoms with E-state index in [9.17, 15) is 17.6 Å². The Kier molecular flexibility index (Phi) is 3.99. The highest BCUT2D eigenvalue weighted by atomic mass is 35.5. The van der Waals surface area contributed by atoms with Crippen molar-refractivity contribution in [3.8, 4) is 22.5 Å². The molecule has 27 heavy (non-hydrogen) atoms. The summed E-state index contributed by atoms with van der Waals surface area (Å²) < 4.78 is 53.9. The van der Waals surface area contributed by atoms with E-state index in [1.807, 2.05) is 0 Å². The Balaban J connectivity index is 1.80. The summed E-state index contributed by atoms with van der Waals surface area (Å²) in [7, 11) is 1.46. The normalized spacial score (nSPS) is 12.1. The lowest BCUT2D eigenvalue weighted by molar-refractivity contribution is -0.141. The zero-order valence-corrected chi connectivity index (χ0v) is 14.7. The molecular weight excluding hydrogens is 382 g/mol. The second kappa shape index (κ2) is 6.13. The quantitative estimate of drug-likeness (QED) is 0.413. The summed E-state index contributed by atoms with van der Waals surface area (Å²) in [5.74, 6) is -0.423. The van der Waals surface area contributed by atoms with Crippen LogP contribution in [0.4, 0.5) is 17.6 Å². The van der Waals surface area contributed by atoms with Crippen molar-refractivity contribution in [2.45, 2.75) is 6.18 Å². The number of hydrogen-bond acceptors (Lipinski definition) is 1. The number of aromatic amines is 1. The number of fused-ring (bicyclic) bond motifs is 1. The molecule has 0 fully saturated rings. The summed E-state index contributed by atoms with van der Waals surface area (Å²) in [6.07, 6.45) is -4.51. The topological polar surface area (TPSA) is 33.6 Å². The number of aromatic nitrogens is 3. The van der Waals surface area contributed by atoms with Crippen molar-refractivity contribution >= 4 is 22.5 Å². The third-order valence-electron chi connectivity index (χ3n) is 4.31. The fourth-order valence-corrected chi connectivity index (χ4v) is 3.19. The van der Waals surface area contributed by atoms with E-state index < -0.39 is 17.7 Å². The van der Waals surface area contributed by atoms with Gasteiger partial charge in [-0.3, -0.25) is 4.68 Å². The lowest BCUT2D eigenvalue weighted by atomic mass is 10.1. The smallest absolute Gasteiger partial charge is 0.354 e. The largest absolute Gasteiger partial charge is 0.435 e. The highest BCUT2D eigenvalue weighted by Gasteiger charge is 2.34. The molecule has 8 heteroatoms. The molecule has 0 saturated carbocycles. The van der Waals surface area contributed by atoms with Gasteiger partial charge < -0.3 is 4.98 Å². The van der Waals surface area contributed by atoms with Crippen LogP contribution in [0.3, 0.4) is 0 Å². The molecule has 1 N–H and O–H groups in total. The van der Waals surface area contributed by atoms with E-state index in [1.165, 1.54) is 29.9 Å². The monoisotopic (exact) mass is 393 g/mol. The summed E-state index contributed by atoms with van der Waals surface area (Å²) >= 11 is 5.95. The lowest BCUT2D eigenvalue weighted by Gasteiger charge is -2.01. The van der Waals surface area contributed by atoms with Crippen molar-refractivity contribution in [2.75, 3.05) is 0 Å². The molecule has 0 atom stereocenters.